The molecule has 8 heteroatoms. The van der Waals surface area contributed by atoms with Gasteiger partial charge in [-0.2, -0.15) is 0 Å². The number of nitrogens with zero attached hydrogens (tertiary/aromatic N) is 1. The molecule has 1 aromatic carbocycles. The molecule has 0 bridgehead atoms. The Bertz CT molecular complexity index is 723. The molecule has 0 heterocycles. The zero-order valence-electron chi connectivity index (χ0n) is 13.7. The first kappa shape index (κ1) is 17.2. The second kappa shape index (κ2) is 6.68. The summed E-state index contributed by atoms with van der Waals surface area (Å²) in [6, 6.07) is 4.25. The fraction of sp³-hybridized carbons (Fsp3) is 0.625. The molecule has 7 nitrogen and oxygen atoms in total. The van der Waals surface area contributed by atoms with Gasteiger partial charge in [-0.3, -0.25) is 10.1 Å². The van der Waals surface area contributed by atoms with Crippen LogP contribution in [0.15, 0.2) is 23.1 Å². The lowest BCUT2D eigenvalue weighted by Crippen LogP contribution is -2.37. The predicted molar refractivity (Wildman–Crippen MR) is 91.5 cm³/mol. The monoisotopic (exact) mass is 353 g/mol. The van der Waals surface area contributed by atoms with Crippen LogP contribution in [0.2, 0.25) is 0 Å². The lowest BCUT2D eigenvalue weighted by Gasteiger charge is -2.26. The molecule has 132 valence electrons. The standard InChI is InChI=1S/C16H23N3O4S/c1-11-2-4-13(5-3-11)18-24(22,23)14-8-9-15(17-12-6-7-12)16(10-14)19(20)21/h8-13,17-18H,2-7H2,1H3. The molecule has 0 saturated heterocycles. The van der Waals surface area contributed by atoms with E-state index in [-0.39, 0.29) is 22.7 Å². The highest BCUT2D eigenvalue weighted by molar-refractivity contribution is 7.89. The molecule has 0 aliphatic heterocycles. The third-order valence-electron chi connectivity index (χ3n) is 4.75. The topological polar surface area (TPSA) is 101 Å². The molecule has 2 aliphatic rings. The van der Waals surface area contributed by atoms with E-state index in [4.69, 9.17) is 0 Å². The third kappa shape index (κ3) is 4.05. The molecule has 0 amide bonds. The van der Waals surface area contributed by atoms with Gasteiger partial charge in [0.15, 0.2) is 0 Å². The number of hydrogen-bond acceptors (Lipinski definition) is 5. The highest BCUT2D eigenvalue weighted by Gasteiger charge is 2.28. The Morgan fingerprint density at radius 2 is 1.71 bits per heavy atom. The lowest BCUT2D eigenvalue weighted by atomic mass is 9.88. The average Bonchev–Trinajstić information content (AvgIpc) is 3.33. The zero-order valence-corrected chi connectivity index (χ0v) is 14.5. The van der Waals surface area contributed by atoms with Crippen LogP contribution in [0.25, 0.3) is 0 Å². The fourth-order valence-corrected chi connectivity index (χ4v) is 4.39. The van der Waals surface area contributed by atoms with Gasteiger partial charge in [-0.1, -0.05) is 6.92 Å². The Balaban J connectivity index is 1.79. The van der Waals surface area contributed by atoms with Crippen LogP contribution >= 0.6 is 0 Å². The summed E-state index contributed by atoms with van der Waals surface area (Å²) in [5.74, 6) is 0.625. The minimum Gasteiger partial charge on any atom is -0.377 e. The van der Waals surface area contributed by atoms with Crippen molar-refractivity contribution in [3.8, 4) is 0 Å². The fourth-order valence-electron chi connectivity index (χ4n) is 3.06. The molecule has 0 spiro atoms. The Morgan fingerprint density at radius 3 is 2.29 bits per heavy atom. The van der Waals surface area contributed by atoms with Crippen molar-refractivity contribution in [2.45, 2.75) is 62.4 Å². The quantitative estimate of drug-likeness (QED) is 0.604. The largest absolute Gasteiger partial charge is 0.377 e. The van der Waals surface area contributed by atoms with Crippen molar-refractivity contribution >= 4 is 21.4 Å². The molecule has 0 aromatic heterocycles. The van der Waals surface area contributed by atoms with E-state index in [0.717, 1.165) is 44.6 Å². The van der Waals surface area contributed by atoms with E-state index in [1.54, 1.807) is 0 Å². The lowest BCUT2D eigenvalue weighted by molar-refractivity contribution is -0.384. The van der Waals surface area contributed by atoms with Crippen LogP contribution in [0.3, 0.4) is 0 Å². The van der Waals surface area contributed by atoms with Gasteiger partial charge >= 0.3 is 0 Å². The maximum Gasteiger partial charge on any atom is 0.293 e. The molecular weight excluding hydrogens is 330 g/mol. The summed E-state index contributed by atoms with van der Waals surface area (Å²) in [6.45, 7) is 2.17. The van der Waals surface area contributed by atoms with Gasteiger partial charge in [0.05, 0.1) is 9.82 Å². The number of nitro benzene ring substituents is 1. The second-order valence-electron chi connectivity index (χ2n) is 6.93. The van der Waals surface area contributed by atoms with E-state index in [1.807, 2.05) is 0 Å². The molecule has 2 saturated carbocycles. The molecule has 24 heavy (non-hydrogen) atoms. The van der Waals surface area contributed by atoms with E-state index in [2.05, 4.69) is 17.0 Å². The molecule has 3 rings (SSSR count). The van der Waals surface area contributed by atoms with E-state index in [0.29, 0.717) is 11.6 Å². The molecule has 0 unspecified atom stereocenters. The summed E-state index contributed by atoms with van der Waals surface area (Å²) in [5, 5.41) is 14.4. The number of anilines is 1. The maximum absolute atomic E-state index is 12.5. The smallest absolute Gasteiger partial charge is 0.293 e. The van der Waals surface area contributed by atoms with Gasteiger partial charge in [-0.05, 0) is 56.6 Å². The first-order valence-electron chi connectivity index (χ1n) is 8.42. The predicted octanol–water partition coefficient (Wildman–Crippen LogP) is 3.03. The highest BCUT2D eigenvalue weighted by Crippen LogP contribution is 2.33. The number of benzene rings is 1. The van der Waals surface area contributed by atoms with Gasteiger partial charge in [0.25, 0.3) is 5.69 Å². The summed E-state index contributed by atoms with van der Waals surface area (Å²) >= 11 is 0. The van der Waals surface area contributed by atoms with Crippen LogP contribution in [-0.4, -0.2) is 25.4 Å². The Labute approximate surface area is 142 Å². The summed E-state index contributed by atoms with van der Waals surface area (Å²) in [5.41, 5.74) is 0.190. The van der Waals surface area contributed by atoms with Crippen LogP contribution in [-0.2, 0) is 10.0 Å². The molecule has 2 N–H and O–H groups in total. The Morgan fingerprint density at radius 1 is 1.08 bits per heavy atom. The first-order chi connectivity index (χ1) is 11.3. The van der Waals surface area contributed by atoms with Gasteiger partial charge in [0.1, 0.15) is 5.69 Å². The van der Waals surface area contributed by atoms with Crippen molar-refractivity contribution in [2.75, 3.05) is 5.32 Å². The summed E-state index contributed by atoms with van der Waals surface area (Å²) in [6.07, 6.45) is 5.58. The van der Waals surface area contributed by atoms with E-state index < -0.39 is 14.9 Å². The maximum atomic E-state index is 12.5. The second-order valence-corrected chi connectivity index (χ2v) is 8.65. The van der Waals surface area contributed by atoms with E-state index in [1.165, 1.54) is 12.1 Å². The van der Waals surface area contributed by atoms with Gasteiger partial charge in [-0.25, -0.2) is 13.1 Å². The number of hydrogen-bond donors (Lipinski definition) is 2. The van der Waals surface area contributed by atoms with Gasteiger partial charge in [0, 0.05) is 18.2 Å². The normalized spacial score (nSPS) is 24.5. The molecule has 0 radical (unpaired) electrons. The van der Waals surface area contributed by atoms with Crippen molar-refractivity contribution in [1.29, 1.82) is 0 Å². The molecule has 1 aromatic rings. The van der Waals surface area contributed by atoms with E-state index in [9.17, 15) is 18.5 Å². The molecule has 0 atom stereocenters. The van der Waals surface area contributed by atoms with Crippen LogP contribution in [0, 0.1) is 16.0 Å². The van der Waals surface area contributed by atoms with Crippen molar-refractivity contribution < 1.29 is 13.3 Å². The summed E-state index contributed by atoms with van der Waals surface area (Å²) in [7, 11) is -3.75. The minimum atomic E-state index is -3.75. The van der Waals surface area contributed by atoms with Gasteiger partial charge < -0.3 is 5.32 Å². The van der Waals surface area contributed by atoms with Crippen LogP contribution in [0.5, 0.6) is 0 Å². The summed E-state index contributed by atoms with van der Waals surface area (Å²) in [4.78, 5) is 10.7. The van der Waals surface area contributed by atoms with Crippen LogP contribution in [0.4, 0.5) is 11.4 Å². The van der Waals surface area contributed by atoms with Gasteiger partial charge in [-0.15, -0.1) is 0 Å². The Kier molecular flexibility index (Phi) is 4.78. The number of sulfonamides is 1. The Hall–Kier alpha value is -1.67. The number of nitrogens with one attached hydrogen (secondary N) is 2. The highest BCUT2D eigenvalue weighted by atomic mass is 32.2. The summed E-state index contributed by atoms with van der Waals surface area (Å²) < 4.78 is 27.8. The van der Waals surface area contributed by atoms with Crippen LogP contribution in [0.1, 0.15) is 45.4 Å². The molecule has 2 fully saturated rings. The molecule has 2 aliphatic carbocycles. The molecular formula is C16H23N3O4S. The number of rotatable bonds is 6. The third-order valence-corrected chi connectivity index (χ3v) is 6.27. The number of nitro groups is 1. The van der Waals surface area contributed by atoms with Crippen molar-refractivity contribution in [2.24, 2.45) is 5.92 Å². The average molecular weight is 353 g/mol. The van der Waals surface area contributed by atoms with Gasteiger partial charge in [0.2, 0.25) is 10.0 Å². The van der Waals surface area contributed by atoms with Crippen LogP contribution < -0.4 is 10.0 Å². The van der Waals surface area contributed by atoms with Crippen molar-refractivity contribution in [1.82, 2.24) is 4.72 Å². The minimum absolute atomic E-state index is 0.0471. The van der Waals surface area contributed by atoms with Crippen molar-refractivity contribution in [3.05, 3.63) is 28.3 Å². The first-order valence-corrected chi connectivity index (χ1v) is 9.91. The van der Waals surface area contributed by atoms with Crippen molar-refractivity contribution in [3.63, 3.8) is 0 Å². The SMILES string of the molecule is CC1CCC(NS(=O)(=O)c2ccc(NC3CC3)c([N+](=O)[O-])c2)CC1. The van der Waals surface area contributed by atoms with E-state index >= 15 is 0 Å². The zero-order chi connectivity index (χ0) is 17.3.